The van der Waals surface area contributed by atoms with Gasteiger partial charge in [-0.25, -0.2) is 4.98 Å². The molecule has 192 valence electrons. The molecular formula is C27H28ClF3N2O2S. The lowest BCUT2D eigenvalue weighted by atomic mass is 9.86. The highest BCUT2D eigenvalue weighted by Crippen LogP contribution is 2.31. The van der Waals surface area contributed by atoms with Gasteiger partial charge in [-0.05, 0) is 74.9 Å². The highest BCUT2D eigenvalue weighted by molar-refractivity contribution is 7.98. The predicted molar refractivity (Wildman–Crippen MR) is 138 cm³/mol. The molecule has 0 spiro atoms. The fraction of sp³-hybridized carbons (Fsp3) is 0.333. The van der Waals surface area contributed by atoms with E-state index in [9.17, 15) is 18.0 Å². The second-order valence-corrected chi connectivity index (χ2v) is 10.3. The smallest absolute Gasteiger partial charge is 0.417 e. The summed E-state index contributed by atoms with van der Waals surface area (Å²) in [6.07, 6.45) is -1.14. The molecule has 0 aliphatic carbocycles. The first-order valence-corrected chi connectivity index (χ1v) is 12.9. The molecule has 36 heavy (non-hydrogen) atoms. The van der Waals surface area contributed by atoms with E-state index in [1.807, 2.05) is 55.6 Å². The number of rotatable bonds is 9. The van der Waals surface area contributed by atoms with Crippen LogP contribution in [0.1, 0.15) is 43.4 Å². The summed E-state index contributed by atoms with van der Waals surface area (Å²) in [6, 6.07) is 17.5. The van der Waals surface area contributed by atoms with Gasteiger partial charge in [0.25, 0.3) is 5.91 Å². The van der Waals surface area contributed by atoms with Crippen LogP contribution in [-0.4, -0.2) is 28.8 Å². The third-order valence-electron chi connectivity index (χ3n) is 5.82. The minimum atomic E-state index is -4.50. The maximum absolute atomic E-state index is 13.2. The second kappa shape index (κ2) is 11.6. The first-order valence-electron chi connectivity index (χ1n) is 11.3. The van der Waals surface area contributed by atoms with Gasteiger partial charge >= 0.3 is 6.18 Å². The van der Waals surface area contributed by atoms with E-state index >= 15 is 0 Å². The summed E-state index contributed by atoms with van der Waals surface area (Å²) in [5.74, 6) is -0.526. The van der Waals surface area contributed by atoms with Crippen LogP contribution in [0.3, 0.4) is 0 Å². The van der Waals surface area contributed by atoms with Crippen LogP contribution < -0.4 is 10.1 Å². The van der Waals surface area contributed by atoms with E-state index in [0.717, 1.165) is 28.2 Å². The minimum Gasteiger partial charge on any atom is -0.462 e. The van der Waals surface area contributed by atoms with E-state index in [1.54, 1.807) is 25.6 Å². The van der Waals surface area contributed by atoms with Gasteiger partial charge in [0, 0.05) is 34.1 Å². The van der Waals surface area contributed by atoms with Gasteiger partial charge in [0.15, 0.2) is 5.60 Å². The fourth-order valence-corrected chi connectivity index (χ4v) is 4.32. The molecule has 2 aromatic carbocycles. The predicted octanol–water partition coefficient (Wildman–Crippen LogP) is 7.16. The summed E-state index contributed by atoms with van der Waals surface area (Å²) in [4.78, 5) is 18.0. The molecule has 1 amide bonds. The Balaban J connectivity index is 1.78. The molecule has 3 aromatic rings. The number of hydrogen-bond donors (Lipinski definition) is 1. The Morgan fingerprint density at radius 3 is 2.39 bits per heavy atom. The van der Waals surface area contributed by atoms with Gasteiger partial charge in [-0.3, -0.25) is 4.79 Å². The van der Waals surface area contributed by atoms with Crippen LogP contribution in [-0.2, 0) is 17.4 Å². The van der Waals surface area contributed by atoms with Crippen molar-refractivity contribution in [1.82, 2.24) is 10.3 Å². The molecular weight excluding hydrogens is 509 g/mol. The molecule has 9 heteroatoms. The molecule has 1 aromatic heterocycles. The lowest BCUT2D eigenvalue weighted by molar-refractivity contribution is -0.138. The number of carbonyl (C=O) groups excluding carboxylic acids is 1. The zero-order chi connectivity index (χ0) is 26.5. The average molecular weight is 537 g/mol. The zero-order valence-corrected chi connectivity index (χ0v) is 22.0. The summed E-state index contributed by atoms with van der Waals surface area (Å²) in [7, 11) is 0. The summed E-state index contributed by atoms with van der Waals surface area (Å²) in [5.41, 5.74) is -0.104. The Morgan fingerprint density at radius 1 is 1.11 bits per heavy atom. The summed E-state index contributed by atoms with van der Waals surface area (Å²) in [5, 5.41) is 3.69. The molecule has 0 aliphatic rings. The molecule has 0 fully saturated rings. The van der Waals surface area contributed by atoms with Crippen molar-refractivity contribution in [2.45, 2.75) is 55.8 Å². The van der Waals surface area contributed by atoms with Gasteiger partial charge in [0.2, 0.25) is 5.88 Å². The minimum absolute atomic E-state index is 0.0535. The van der Waals surface area contributed by atoms with Crippen LogP contribution in [0.25, 0.3) is 0 Å². The van der Waals surface area contributed by atoms with Crippen molar-refractivity contribution < 1.29 is 22.7 Å². The molecule has 0 aliphatic heterocycles. The number of nitrogens with zero attached hydrogens (tertiary/aromatic N) is 1. The van der Waals surface area contributed by atoms with E-state index in [-0.39, 0.29) is 17.8 Å². The van der Waals surface area contributed by atoms with Gasteiger partial charge < -0.3 is 10.1 Å². The number of pyridine rings is 1. The first-order chi connectivity index (χ1) is 16.9. The number of halogens is 4. The molecule has 0 saturated carbocycles. The van der Waals surface area contributed by atoms with E-state index in [2.05, 4.69) is 16.4 Å². The lowest BCUT2D eigenvalue weighted by Crippen LogP contribution is -2.51. The van der Waals surface area contributed by atoms with Crippen molar-refractivity contribution in [1.29, 1.82) is 0 Å². The molecule has 1 N–H and O–H groups in total. The van der Waals surface area contributed by atoms with E-state index < -0.39 is 23.2 Å². The van der Waals surface area contributed by atoms with Crippen molar-refractivity contribution in [3.05, 3.63) is 88.6 Å². The fourth-order valence-electron chi connectivity index (χ4n) is 3.73. The Morgan fingerprint density at radius 2 is 1.81 bits per heavy atom. The van der Waals surface area contributed by atoms with Crippen LogP contribution in [0.5, 0.6) is 5.88 Å². The van der Waals surface area contributed by atoms with Gasteiger partial charge in [-0.2, -0.15) is 13.2 Å². The maximum Gasteiger partial charge on any atom is 0.417 e. The number of benzene rings is 2. The molecule has 2 unspecified atom stereocenters. The number of ether oxygens (including phenoxy) is 1. The summed E-state index contributed by atoms with van der Waals surface area (Å²) < 4.78 is 44.1. The number of alkyl halides is 3. The quantitative estimate of drug-likeness (QED) is 0.295. The summed E-state index contributed by atoms with van der Waals surface area (Å²) >= 11 is 7.69. The number of nitrogens with one attached hydrogen (secondary N) is 1. The van der Waals surface area contributed by atoms with Gasteiger partial charge in [-0.1, -0.05) is 35.9 Å². The molecule has 0 radical (unpaired) electrons. The zero-order valence-electron chi connectivity index (χ0n) is 20.4. The molecule has 1 heterocycles. The van der Waals surface area contributed by atoms with E-state index in [1.165, 1.54) is 0 Å². The topological polar surface area (TPSA) is 51.2 Å². The monoisotopic (exact) mass is 536 g/mol. The van der Waals surface area contributed by atoms with Crippen LogP contribution in [0.2, 0.25) is 5.02 Å². The highest BCUT2D eigenvalue weighted by Gasteiger charge is 2.34. The average Bonchev–Trinajstić information content (AvgIpc) is 2.83. The molecule has 2 atom stereocenters. The van der Waals surface area contributed by atoms with Gasteiger partial charge in [0.1, 0.15) is 0 Å². The molecule has 3 rings (SSSR count). The Kier molecular flexibility index (Phi) is 8.95. The maximum atomic E-state index is 13.2. The van der Waals surface area contributed by atoms with Gasteiger partial charge in [-0.15, -0.1) is 11.8 Å². The number of amides is 1. The molecule has 0 saturated heterocycles. The lowest BCUT2D eigenvalue weighted by Gasteiger charge is -2.31. The molecule has 0 bridgehead atoms. The Hall–Kier alpha value is -2.71. The van der Waals surface area contributed by atoms with Crippen LogP contribution in [0.15, 0.2) is 71.8 Å². The standard InChI is InChI=1S/C27H28ClF3N2O2S/c1-17(33-25(34)26(2,3)35-24-13-10-20(16-32-24)27(29,30)31)23(14-18-8-11-21(28)12-9-18)19-6-5-7-22(15-19)36-4/h5-13,15-17,23H,14H2,1-4H3,(H,33,34). The van der Waals surface area contributed by atoms with Crippen molar-refractivity contribution in [2.75, 3.05) is 6.26 Å². The largest absolute Gasteiger partial charge is 0.462 e. The number of aromatic nitrogens is 1. The Labute approximate surface area is 218 Å². The van der Waals surface area contributed by atoms with Crippen LogP contribution in [0.4, 0.5) is 13.2 Å². The third-order valence-corrected chi connectivity index (χ3v) is 6.80. The van der Waals surface area contributed by atoms with Crippen molar-refractivity contribution >= 4 is 29.3 Å². The second-order valence-electron chi connectivity index (χ2n) is 8.97. The van der Waals surface area contributed by atoms with Crippen molar-refractivity contribution in [3.63, 3.8) is 0 Å². The van der Waals surface area contributed by atoms with Crippen molar-refractivity contribution in [3.8, 4) is 5.88 Å². The number of carbonyl (C=O) groups is 1. The summed E-state index contributed by atoms with van der Waals surface area (Å²) in [6.45, 7) is 5.03. The Bertz CT molecular complexity index is 1170. The van der Waals surface area contributed by atoms with Crippen molar-refractivity contribution in [2.24, 2.45) is 0 Å². The SMILES string of the molecule is CSc1cccc(C(Cc2ccc(Cl)cc2)C(C)NC(=O)C(C)(C)Oc2ccc(C(F)(F)F)cn2)c1. The van der Waals surface area contributed by atoms with Crippen LogP contribution in [0, 0.1) is 0 Å². The third kappa shape index (κ3) is 7.40. The van der Waals surface area contributed by atoms with Crippen LogP contribution >= 0.6 is 23.4 Å². The number of thioether (sulfide) groups is 1. The van der Waals surface area contributed by atoms with E-state index in [4.69, 9.17) is 16.3 Å². The number of hydrogen-bond acceptors (Lipinski definition) is 4. The normalized spacial score (nSPS) is 13.7. The first kappa shape index (κ1) is 27.9. The van der Waals surface area contributed by atoms with E-state index in [0.29, 0.717) is 17.6 Å². The highest BCUT2D eigenvalue weighted by atomic mass is 35.5. The molecule has 4 nitrogen and oxygen atoms in total. The van der Waals surface area contributed by atoms with Gasteiger partial charge in [0.05, 0.1) is 5.56 Å².